The molecule has 30 heavy (non-hydrogen) atoms. The predicted molar refractivity (Wildman–Crippen MR) is 112 cm³/mol. The zero-order valence-corrected chi connectivity index (χ0v) is 16.6. The van der Waals surface area contributed by atoms with Gasteiger partial charge in [0, 0.05) is 11.8 Å². The van der Waals surface area contributed by atoms with E-state index in [2.05, 4.69) is 15.4 Å². The number of halogens is 1. The zero-order valence-electron chi connectivity index (χ0n) is 15.8. The minimum absolute atomic E-state index is 0.0492. The van der Waals surface area contributed by atoms with E-state index in [0.717, 1.165) is 0 Å². The highest BCUT2D eigenvalue weighted by Crippen LogP contribution is 2.17. The number of benzene rings is 2. The summed E-state index contributed by atoms with van der Waals surface area (Å²) in [4.78, 5) is 36.9. The summed E-state index contributed by atoms with van der Waals surface area (Å²) >= 11 is 6.07. The van der Waals surface area contributed by atoms with Crippen LogP contribution in [0, 0.1) is 0 Å². The molecule has 0 unspecified atom stereocenters. The molecule has 0 fully saturated rings. The molecule has 0 bridgehead atoms. The lowest BCUT2D eigenvalue weighted by molar-refractivity contribution is -0.113. The van der Waals surface area contributed by atoms with E-state index in [1.54, 1.807) is 48.5 Å². The fourth-order valence-corrected chi connectivity index (χ4v) is 2.74. The average Bonchev–Trinajstić information content (AvgIpc) is 3.26. The van der Waals surface area contributed by atoms with Crippen LogP contribution in [-0.4, -0.2) is 24.9 Å². The van der Waals surface area contributed by atoms with Crippen molar-refractivity contribution in [3.05, 3.63) is 94.5 Å². The molecule has 0 saturated heterocycles. The third-order valence-electron chi connectivity index (χ3n) is 4.00. The fraction of sp³-hybridized carbons (Fsp3) is 0.0455. The number of esters is 1. The van der Waals surface area contributed by atoms with Gasteiger partial charge in [-0.05, 0) is 48.5 Å². The topological polar surface area (TPSA) is 97.6 Å². The maximum atomic E-state index is 12.8. The lowest BCUT2D eigenvalue weighted by Gasteiger charge is -2.12. The smallest absolute Gasteiger partial charge is 0.337 e. The van der Waals surface area contributed by atoms with Crippen molar-refractivity contribution in [3.63, 3.8) is 0 Å². The summed E-state index contributed by atoms with van der Waals surface area (Å²) in [5.74, 6) is -1.24. The van der Waals surface area contributed by atoms with Crippen LogP contribution in [0.5, 0.6) is 0 Å². The van der Waals surface area contributed by atoms with E-state index >= 15 is 0 Å². The van der Waals surface area contributed by atoms with Crippen molar-refractivity contribution in [1.82, 2.24) is 5.32 Å². The second-order valence-corrected chi connectivity index (χ2v) is 6.44. The van der Waals surface area contributed by atoms with E-state index in [1.807, 2.05) is 0 Å². The molecule has 0 aliphatic rings. The molecule has 2 amide bonds. The minimum Gasteiger partial charge on any atom is -0.465 e. The molecule has 0 saturated carbocycles. The van der Waals surface area contributed by atoms with Crippen LogP contribution in [0.3, 0.4) is 0 Å². The fourth-order valence-electron chi connectivity index (χ4n) is 2.51. The Kier molecular flexibility index (Phi) is 6.67. The first-order chi connectivity index (χ1) is 14.5. The first-order valence-corrected chi connectivity index (χ1v) is 9.16. The van der Waals surface area contributed by atoms with Crippen LogP contribution in [0.15, 0.2) is 77.0 Å². The normalized spacial score (nSPS) is 10.9. The molecule has 0 spiro atoms. The Bertz CT molecular complexity index is 1090. The number of hydrogen-bond donors (Lipinski definition) is 2. The zero-order chi connectivity index (χ0) is 21.5. The van der Waals surface area contributed by atoms with Gasteiger partial charge in [0.1, 0.15) is 11.5 Å². The van der Waals surface area contributed by atoms with E-state index in [9.17, 15) is 14.4 Å². The summed E-state index contributed by atoms with van der Waals surface area (Å²) in [6.07, 6.45) is 2.84. The van der Waals surface area contributed by atoms with Crippen LogP contribution in [-0.2, 0) is 9.53 Å². The number of methoxy groups -OCH3 is 1. The second-order valence-electron chi connectivity index (χ2n) is 6.03. The highest BCUT2D eigenvalue weighted by atomic mass is 35.5. The van der Waals surface area contributed by atoms with Gasteiger partial charge < -0.3 is 19.8 Å². The first-order valence-electron chi connectivity index (χ1n) is 8.78. The van der Waals surface area contributed by atoms with E-state index in [4.69, 9.17) is 16.0 Å². The van der Waals surface area contributed by atoms with Crippen LogP contribution >= 0.6 is 11.6 Å². The summed E-state index contributed by atoms with van der Waals surface area (Å²) in [7, 11) is 1.28. The highest BCUT2D eigenvalue weighted by Gasteiger charge is 2.17. The molecule has 0 aliphatic carbocycles. The average molecular weight is 425 g/mol. The summed E-state index contributed by atoms with van der Waals surface area (Å²) in [5.41, 5.74) is 0.936. The number of furan rings is 1. The first kappa shape index (κ1) is 20.9. The highest BCUT2D eigenvalue weighted by molar-refractivity contribution is 6.34. The molecular weight excluding hydrogens is 408 g/mol. The monoisotopic (exact) mass is 424 g/mol. The Labute approximate surface area is 177 Å². The Hall–Kier alpha value is -3.84. The van der Waals surface area contributed by atoms with Crippen LogP contribution in [0.4, 0.5) is 5.69 Å². The van der Waals surface area contributed by atoms with Crippen LogP contribution < -0.4 is 10.6 Å². The van der Waals surface area contributed by atoms with Gasteiger partial charge in [-0.3, -0.25) is 9.59 Å². The van der Waals surface area contributed by atoms with Gasteiger partial charge in [0.15, 0.2) is 0 Å². The summed E-state index contributed by atoms with van der Waals surface area (Å²) < 4.78 is 9.89. The van der Waals surface area contributed by atoms with Gasteiger partial charge in [-0.25, -0.2) is 4.79 Å². The Balaban J connectivity index is 1.82. The Morgan fingerprint density at radius 2 is 1.73 bits per heavy atom. The third kappa shape index (κ3) is 5.15. The molecule has 3 rings (SSSR count). The predicted octanol–water partition coefficient (Wildman–Crippen LogP) is 4.13. The van der Waals surface area contributed by atoms with Crippen LogP contribution in [0.1, 0.15) is 26.5 Å². The van der Waals surface area contributed by atoms with Gasteiger partial charge in [-0.1, -0.05) is 23.7 Å². The van der Waals surface area contributed by atoms with Crippen LogP contribution in [0.25, 0.3) is 6.08 Å². The molecule has 0 aliphatic heterocycles. The molecule has 3 aromatic rings. The number of carbonyl (C=O) groups excluding carboxylic acids is 3. The molecule has 0 radical (unpaired) electrons. The van der Waals surface area contributed by atoms with Gasteiger partial charge >= 0.3 is 5.97 Å². The SMILES string of the molecule is COC(=O)c1ccc(NC(=O)C(=Cc2ccco2)NC(=O)c2ccccc2Cl)cc1. The summed E-state index contributed by atoms with van der Waals surface area (Å²) in [6.45, 7) is 0. The summed E-state index contributed by atoms with van der Waals surface area (Å²) in [5, 5.41) is 5.48. The lowest BCUT2D eigenvalue weighted by atomic mass is 10.2. The number of rotatable bonds is 6. The Morgan fingerprint density at radius 1 is 1.00 bits per heavy atom. The van der Waals surface area contributed by atoms with Gasteiger partial charge in [0.25, 0.3) is 11.8 Å². The number of nitrogens with one attached hydrogen (secondary N) is 2. The van der Waals surface area contributed by atoms with Gasteiger partial charge in [0.2, 0.25) is 0 Å². The largest absolute Gasteiger partial charge is 0.465 e. The van der Waals surface area contributed by atoms with Crippen molar-refractivity contribution in [3.8, 4) is 0 Å². The van der Waals surface area contributed by atoms with Gasteiger partial charge in [-0.2, -0.15) is 0 Å². The van der Waals surface area contributed by atoms with E-state index in [0.29, 0.717) is 17.0 Å². The molecule has 152 valence electrons. The van der Waals surface area contributed by atoms with Gasteiger partial charge in [-0.15, -0.1) is 0 Å². The van der Waals surface area contributed by atoms with Crippen molar-refractivity contribution >= 4 is 41.1 Å². The number of anilines is 1. The van der Waals surface area contributed by atoms with E-state index in [-0.39, 0.29) is 16.3 Å². The number of ether oxygens (including phenoxy) is 1. The number of hydrogen-bond acceptors (Lipinski definition) is 5. The Morgan fingerprint density at radius 3 is 2.37 bits per heavy atom. The quantitative estimate of drug-likeness (QED) is 0.458. The molecule has 2 N–H and O–H groups in total. The number of amides is 2. The molecule has 7 nitrogen and oxygen atoms in total. The molecule has 1 heterocycles. The standard InChI is InChI=1S/C22H17ClN2O5/c1-29-22(28)14-8-10-15(11-9-14)24-21(27)19(13-16-5-4-12-30-16)25-20(26)17-6-2-3-7-18(17)23/h2-13H,1H3,(H,24,27)(H,25,26). The lowest BCUT2D eigenvalue weighted by Crippen LogP contribution is -2.30. The maximum absolute atomic E-state index is 12.8. The van der Waals surface area contributed by atoms with Crippen LogP contribution in [0.2, 0.25) is 5.02 Å². The van der Waals surface area contributed by atoms with Gasteiger partial charge in [0.05, 0.1) is 29.5 Å². The van der Waals surface area contributed by atoms with Crippen molar-refractivity contribution in [2.45, 2.75) is 0 Å². The van der Waals surface area contributed by atoms with Crippen molar-refractivity contribution in [2.24, 2.45) is 0 Å². The maximum Gasteiger partial charge on any atom is 0.337 e. The van der Waals surface area contributed by atoms with E-state index in [1.165, 1.54) is 31.6 Å². The van der Waals surface area contributed by atoms with E-state index < -0.39 is 17.8 Å². The minimum atomic E-state index is -0.586. The molecule has 0 atom stereocenters. The molecule has 8 heteroatoms. The number of carbonyl (C=O) groups is 3. The molecular formula is C22H17ClN2O5. The second kappa shape index (κ2) is 9.58. The molecule has 1 aromatic heterocycles. The molecule has 2 aromatic carbocycles. The van der Waals surface area contributed by atoms with Crippen molar-refractivity contribution in [2.75, 3.05) is 12.4 Å². The van der Waals surface area contributed by atoms with Crippen molar-refractivity contribution < 1.29 is 23.5 Å². The summed E-state index contributed by atoms with van der Waals surface area (Å²) in [6, 6.07) is 15.9. The third-order valence-corrected chi connectivity index (χ3v) is 4.33. The van der Waals surface area contributed by atoms with Crippen molar-refractivity contribution in [1.29, 1.82) is 0 Å².